The van der Waals surface area contributed by atoms with E-state index in [9.17, 15) is 14.4 Å². The predicted octanol–water partition coefficient (Wildman–Crippen LogP) is 1.26. The molecular weight excluding hydrogens is 224 g/mol. The van der Waals surface area contributed by atoms with Crippen LogP contribution in [0, 0.1) is 5.92 Å². The Hall–Kier alpha value is -1.65. The molecule has 0 aliphatic heterocycles. The minimum Gasteiger partial charge on any atom is -0.469 e. The van der Waals surface area contributed by atoms with Gasteiger partial charge in [0.15, 0.2) is 5.78 Å². The zero-order valence-electron chi connectivity index (χ0n) is 10.4. The minimum absolute atomic E-state index is 0.0843. The molecule has 0 spiro atoms. The Kier molecular flexibility index (Phi) is 6.86. The fourth-order valence-electron chi connectivity index (χ4n) is 1.29. The summed E-state index contributed by atoms with van der Waals surface area (Å²) in [4.78, 5) is 34.0. The molecule has 1 atom stereocenters. The van der Waals surface area contributed by atoms with Gasteiger partial charge in [-0.05, 0) is 13.8 Å². The van der Waals surface area contributed by atoms with Crippen LogP contribution in [0.5, 0.6) is 0 Å². The highest BCUT2D eigenvalue weighted by Crippen LogP contribution is 2.17. The normalized spacial score (nSPS) is 11.5. The van der Waals surface area contributed by atoms with Crippen LogP contribution in [0.2, 0.25) is 0 Å². The van der Waals surface area contributed by atoms with Crippen molar-refractivity contribution in [3.8, 4) is 0 Å². The molecule has 0 N–H and O–H groups in total. The summed E-state index contributed by atoms with van der Waals surface area (Å²) in [6, 6.07) is 0. The van der Waals surface area contributed by atoms with Gasteiger partial charge < -0.3 is 9.47 Å². The van der Waals surface area contributed by atoms with Crippen molar-refractivity contribution in [2.75, 3.05) is 13.7 Å². The van der Waals surface area contributed by atoms with E-state index in [0.717, 1.165) is 0 Å². The topological polar surface area (TPSA) is 69.7 Å². The number of esters is 2. The number of ether oxygens (including phenoxy) is 2. The zero-order chi connectivity index (χ0) is 13.4. The van der Waals surface area contributed by atoms with Crippen molar-refractivity contribution in [3.63, 3.8) is 0 Å². The summed E-state index contributed by atoms with van der Waals surface area (Å²) in [5, 5.41) is 0. The summed E-state index contributed by atoms with van der Waals surface area (Å²) < 4.78 is 9.15. The molecule has 0 fully saturated rings. The van der Waals surface area contributed by atoms with E-state index in [2.05, 4.69) is 11.3 Å². The van der Waals surface area contributed by atoms with E-state index in [-0.39, 0.29) is 25.2 Å². The smallest absolute Gasteiger partial charge is 0.313 e. The standard InChI is InChI=1S/C12H18O5/c1-5-17-12(15)6-9(8(2)3)10(13)7-11(14)16-4/h9H,2,5-7H2,1,3-4H3. The molecule has 0 aromatic heterocycles. The van der Waals surface area contributed by atoms with Gasteiger partial charge in [0.25, 0.3) is 0 Å². The predicted molar refractivity (Wildman–Crippen MR) is 61.2 cm³/mol. The van der Waals surface area contributed by atoms with Crippen LogP contribution in [-0.4, -0.2) is 31.4 Å². The molecule has 0 bridgehead atoms. The first-order chi connectivity index (χ1) is 7.92. The monoisotopic (exact) mass is 242 g/mol. The third-order valence-corrected chi connectivity index (χ3v) is 2.21. The quantitative estimate of drug-likeness (QED) is 0.382. The van der Waals surface area contributed by atoms with Gasteiger partial charge in [-0.2, -0.15) is 0 Å². The molecule has 0 saturated heterocycles. The summed E-state index contributed by atoms with van der Waals surface area (Å²) >= 11 is 0. The van der Waals surface area contributed by atoms with Crippen molar-refractivity contribution in [3.05, 3.63) is 12.2 Å². The lowest BCUT2D eigenvalue weighted by molar-refractivity contribution is -0.148. The number of rotatable bonds is 7. The summed E-state index contributed by atoms with van der Waals surface area (Å²) in [5.74, 6) is -2.16. The highest BCUT2D eigenvalue weighted by Gasteiger charge is 2.25. The lowest BCUT2D eigenvalue weighted by Crippen LogP contribution is -2.23. The molecule has 0 aliphatic rings. The summed E-state index contributed by atoms with van der Waals surface area (Å²) in [6.07, 6.45) is -0.438. The van der Waals surface area contributed by atoms with Crippen LogP contribution in [0.15, 0.2) is 12.2 Å². The number of methoxy groups -OCH3 is 1. The van der Waals surface area contributed by atoms with Crippen molar-refractivity contribution in [2.24, 2.45) is 5.92 Å². The Balaban J connectivity index is 4.52. The van der Waals surface area contributed by atoms with Gasteiger partial charge in [-0.1, -0.05) is 12.2 Å². The first-order valence-electron chi connectivity index (χ1n) is 5.32. The van der Waals surface area contributed by atoms with Crippen molar-refractivity contribution < 1.29 is 23.9 Å². The van der Waals surface area contributed by atoms with Gasteiger partial charge in [-0.15, -0.1) is 0 Å². The number of carbonyl (C=O) groups excluding carboxylic acids is 3. The van der Waals surface area contributed by atoms with Crippen LogP contribution < -0.4 is 0 Å². The highest BCUT2D eigenvalue weighted by atomic mass is 16.5. The molecule has 0 saturated carbocycles. The molecule has 17 heavy (non-hydrogen) atoms. The molecule has 0 heterocycles. The Bertz CT molecular complexity index is 319. The fraction of sp³-hybridized carbons (Fsp3) is 0.583. The first-order valence-corrected chi connectivity index (χ1v) is 5.32. The molecule has 96 valence electrons. The molecule has 5 heteroatoms. The van der Waals surface area contributed by atoms with E-state index in [1.165, 1.54) is 7.11 Å². The second-order valence-electron chi connectivity index (χ2n) is 3.63. The summed E-state index contributed by atoms with van der Waals surface area (Å²) in [7, 11) is 1.21. The van der Waals surface area contributed by atoms with Crippen molar-refractivity contribution in [1.82, 2.24) is 0 Å². The molecule has 0 amide bonds. The van der Waals surface area contributed by atoms with Gasteiger partial charge >= 0.3 is 11.9 Å². The second kappa shape index (κ2) is 7.60. The van der Waals surface area contributed by atoms with E-state index >= 15 is 0 Å². The Morgan fingerprint density at radius 1 is 1.24 bits per heavy atom. The molecule has 1 unspecified atom stereocenters. The maximum atomic E-state index is 11.7. The molecule has 0 radical (unpaired) electrons. The number of carbonyl (C=O) groups is 3. The lowest BCUT2D eigenvalue weighted by atomic mass is 9.91. The highest BCUT2D eigenvalue weighted by molar-refractivity contribution is 5.99. The van der Waals surface area contributed by atoms with Gasteiger partial charge in [0, 0.05) is 5.92 Å². The van der Waals surface area contributed by atoms with E-state index < -0.39 is 17.9 Å². The van der Waals surface area contributed by atoms with Crippen LogP contribution in [-0.2, 0) is 23.9 Å². The van der Waals surface area contributed by atoms with E-state index in [4.69, 9.17) is 4.74 Å². The molecule has 0 rings (SSSR count). The molecular formula is C12H18O5. The Morgan fingerprint density at radius 3 is 2.24 bits per heavy atom. The van der Waals surface area contributed by atoms with Crippen LogP contribution in [0.4, 0.5) is 0 Å². The van der Waals surface area contributed by atoms with Gasteiger partial charge in [-0.25, -0.2) is 0 Å². The number of allylic oxidation sites excluding steroid dienone is 1. The summed E-state index contributed by atoms with van der Waals surface area (Å²) in [6.45, 7) is 7.22. The third-order valence-electron chi connectivity index (χ3n) is 2.21. The maximum Gasteiger partial charge on any atom is 0.313 e. The third kappa shape index (κ3) is 5.85. The van der Waals surface area contributed by atoms with Crippen LogP contribution in [0.1, 0.15) is 26.7 Å². The van der Waals surface area contributed by atoms with Crippen molar-refractivity contribution in [2.45, 2.75) is 26.7 Å². The zero-order valence-corrected chi connectivity index (χ0v) is 10.4. The first kappa shape index (κ1) is 15.3. The van der Waals surface area contributed by atoms with Crippen molar-refractivity contribution in [1.29, 1.82) is 0 Å². The SMILES string of the molecule is C=C(C)C(CC(=O)OCC)C(=O)CC(=O)OC. The Labute approximate surface area is 101 Å². The number of ketones is 1. The number of hydrogen-bond acceptors (Lipinski definition) is 5. The molecule has 0 aromatic carbocycles. The van der Waals surface area contributed by atoms with E-state index in [1.54, 1.807) is 13.8 Å². The largest absolute Gasteiger partial charge is 0.469 e. The van der Waals surface area contributed by atoms with Crippen LogP contribution in [0.25, 0.3) is 0 Å². The molecule has 5 nitrogen and oxygen atoms in total. The summed E-state index contributed by atoms with van der Waals surface area (Å²) in [5.41, 5.74) is 0.534. The van der Waals surface area contributed by atoms with E-state index in [0.29, 0.717) is 5.57 Å². The van der Waals surface area contributed by atoms with Gasteiger partial charge in [-0.3, -0.25) is 14.4 Å². The van der Waals surface area contributed by atoms with Gasteiger partial charge in [0.2, 0.25) is 0 Å². The van der Waals surface area contributed by atoms with Gasteiger partial charge in [0.05, 0.1) is 20.1 Å². The average Bonchev–Trinajstić information content (AvgIpc) is 2.25. The van der Waals surface area contributed by atoms with E-state index in [1.807, 2.05) is 0 Å². The minimum atomic E-state index is -0.687. The molecule has 0 aromatic rings. The Morgan fingerprint density at radius 2 is 1.82 bits per heavy atom. The lowest BCUT2D eigenvalue weighted by Gasteiger charge is -2.14. The number of hydrogen-bond donors (Lipinski definition) is 0. The fourth-order valence-corrected chi connectivity index (χ4v) is 1.29. The maximum absolute atomic E-state index is 11.7. The average molecular weight is 242 g/mol. The van der Waals surface area contributed by atoms with Gasteiger partial charge in [0.1, 0.15) is 6.42 Å². The second-order valence-corrected chi connectivity index (χ2v) is 3.63. The van der Waals surface area contributed by atoms with Crippen LogP contribution in [0.3, 0.4) is 0 Å². The van der Waals surface area contributed by atoms with Crippen LogP contribution >= 0.6 is 0 Å². The number of Topliss-reactive ketones (excluding diaryl/α,β-unsaturated/α-hetero) is 1. The van der Waals surface area contributed by atoms with Crippen molar-refractivity contribution >= 4 is 17.7 Å². The molecule has 0 aliphatic carbocycles.